The van der Waals surface area contributed by atoms with Crippen molar-refractivity contribution in [2.24, 2.45) is 11.5 Å². The lowest BCUT2D eigenvalue weighted by Crippen LogP contribution is -2.32. The minimum absolute atomic E-state index is 0.130. The summed E-state index contributed by atoms with van der Waals surface area (Å²) in [5.74, 6) is 0. The van der Waals surface area contributed by atoms with Crippen molar-refractivity contribution in [3.05, 3.63) is 0 Å². The second-order valence-corrected chi connectivity index (χ2v) is 3.62. The van der Waals surface area contributed by atoms with Gasteiger partial charge in [0.15, 0.2) is 0 Å². The molecular weight excluding hydrogens is 138 g/mol. The van der Waals surface area contributed by atoms with E-state index in [-0.39, 0.29) is 11.6 Å². The molecular formula is C8H17N3. The number of nitriles is 1. The van der Waals surface area contributed by atoms with Crippen LogP contribution in [0.4, 0.5) is 0 Å². The van der Waals surface area contributed by atoms with Crippen LogP contribution in [0.5, 0.6) is 0 Å². The quantitative estimate of drug-likeness (QED) is 0.628. The molecule has 0 aromatic heterocycles. The number of hydrogen-bond donors (Lipinski definition) is 2. The summed E-state index contributed by atoms with van der Waals surface area (Å²) < 4.78 is 0. The van der Waals surface area contributed by atoms with Gasteiger partial charge in [0, 0.05) is 5.54 Å². The van der Waals surface area contributed by atoms with Gasteiger partial charge in [-0.05, 0) is 33.1 Å². The van der Waals surface area contributed by atoms with Gasteiger partial charge in [-0.1, -0.05) is 0 Å². The van der Waals surface area contributed by atoms with Crippen molar-refractivity contribution >= 4 is 0 Å². The zero-order chi connectivity index (χ0) is 8.91. The number of nitrogens with two attached hydrogens (primary N) is 2. The van der Waals surface area contributed by atoms with Gasteiger partial charge in [-0.25, -0.2) is 0 Å². The van der Waals surface area contributed by atoms with E-state index in [1.54, 1.807) is 0 Å². The van der Waals surface area contributed by atoms with Crippen LogP contribution in [0.3, 0.4) is 0 Å². The second kappa shape index (κ2) is 4.32. The Morgan fingerprint density at radius 1 is 1.55 bits per heavy atom. The van der Waals surface area contributed by atoms with Gasteiger partial charge in [0.05, 0.1) is 12.1 Å². The van der Waals surface area contributed by atoms with E-state index in [2.05, 4.69) is 0 Å². The molecule has 1 unspecified atom stereocenters. The molecule has 0 radical (unpaired) electrons. The summed E-state index contributed by atoms with van der Waals surface area (Å²) in [5.41, 5.74) is 11.0. The van der Waals surface area contributed by atoms with E-state index in [1.807, 2.05) is 19.9 Å². The van der Waals surface area contributed by atoms with E-state index in [9.17, 15) is 0 Å². The van der Waals surface area contributed by atoms with Crippen molar-refractivity contribution in [2.75, 3.05) is 0 Å². The van der Waals surface area contributed by atoms with Crippen molar-refractivity contribution in [1.82, 2.24) is 0 Å². The van der Waals surface area contributed by atoms with Crippen molar-refractivity contribution < 1.29 is 0 Å². The van der Waals surface area contributed by atoms with Crippen molar-refractivity contribution in [3.63, 3.8) is 0 Å². The fourth-order valence-electron chi connectivity index (χ4n) is 0.842. The van der Waals surface area contributed by atoms with Crippen LogP contribution in [0.15, 0.2) is 0 Å². The third-order valence-electron chi connectivity index (χ3n) is 1.50. The predicted octanol–water partition coefficient (Wildman–Crippen LogP) is 0.745. The molecule has 0 aliphatic heterocycles. The highest BCUT2D eigenvalue weighted by Gasteiger charge is 2.10. The standard InChI is InChI=1S/C8H17N3/c1-8(2,11)5-3-4-7(10)6-9/h7H,3-5,10-11H2,1-2H3. The molecule has 0 aromatic carbocycles. The third-order valence-corrected chi connectivity index (χ3v) is 1.50. The third kappa shape index (κ3) is 7.31. The summed E-state index contributed by atoms with van der Waals surface area (Å²) in [5, 5.41) is 8.36. The van der Waals surface area contributed by atoms with E-state index in [4.69, 9.17) is 16.7 Å². The first-order valence-corrected chi connectivity index (χ1v) is 3.90. The zero-order valence-corrected chi connectivity index (χ0v) is 7.30. The molecule has 4 N–H and O–H groups in total. The Balaban J connectivity index is 3.37. The molecule has 0 aliphatic rings. The fourth-order valence-corrected chi connectivity index (χ4v) is 0.842. The molecule has 11 heavy (non-hydrogen) atoms. The first-order chi connectivity index (χ1) is 4.95. The van der Waals surface area contributed by atoms with Crippen LogP contribution in [-0.2, 0) is 0 Å². The highest BCUT2D eigenvalue weighted by Crippen LogP contribution is 2.09. The molecule has 0 saturated carbocycles. The lowest BCUT2D eigenvalue weighted by molar-refractivity contribution is 0.445. The van der Waals surface area contributed by atoms with E-state index in [0.717, 1.165) is 19.3 Å². The summed E-state index contributed by atoms with van der Waals surface area (Å²) in [6.07, 6.45) is 2.59. The number of hydrogen-bond acceptors (Lipinski definition) is 3. The summed E-state index contributed by atoms with van der Waals surface area (Å²) in [7, 11) is 0. The van der Waals surface area contributed by atoms with Gasteiger partial charge in [-0.15, -0.1) is 0 Å². The molecule has 0 aliphatic carbocycles. The average molecular weight is 155 g/mol. The van der Waals surface area contributed by atoms with Crippen LogP contribution < -0.4 is 11.5 Å². The van der Waals surface area contributed by atoms with Gasteiger partial charge < -0.3 is 11.5 Å². The maximum Gasteiger partial charge on any atom is 0.0928 e. The van der Waals surface area contributed by atoms with Gasteiger partial charge in [-0.3, -0.25) is 0 Å². The minimum Gasteiger partial charge on any atom is -0.326 e. The van der Waals surface area contributed by atoms with Gasteiger partial charge in [-0.2, -0.15) is 5.26 Å². The van der Waals surface area contributed by atoms with Gasteiger partial charge in [0.2, 0.25) is 0 Å². The second-order valence-electron chi connectivity index (χ2n) is 3.62. The first kappa shape index (κ1) is 10.4. The molecule has 0 aromatic rings. The van der Waals surface area contributed by atoms with Crippen LogP contribution in [0.25, 0.3) is 0 Å². The Morgan fingerprint density at radius 3 is 2.45 bits per heavy atom. The topological polar surface area (TPSA) is 75.8 Å². The maximum atomic E-state index is 8.36. The molecule has 0 amide bonds. The van der Waals surface area contributed by atoms with Crippen LogP contribution in [0, 0.1) is 11.3 Å². The Morgan fingerprint density at radius 2 is 2.09 bits per heavy atom. The van der Waals surface area contributed by atoms with Crippen molar-refractivity contribution in [1.29, 1.82) is 5.26 Å². The van der Waals surface area contributed by atoms with Crippen molar-refractivity contribution in [2.45, 2.75) is 44.7 Å². The maximum absolute atomic E-state index is 8.36. The normalized spacial score (nSPS) is 14.1. The van der Waals surface area contributed by atoms with Gasteiger partial charge in [0.25, 0.3) is 0 Å². The molecule has 0 spiro atoms. The van der Waals surface area contributed by atoms with Crippen LogP contribution in [0.1, 0.15) is 33.1 Å². The molecule has 0 heterocycles. The summed E-state index contributed by atoms with van der Waals surface area (Å²) in [6, 6.07) is 1.67. The molecule has 0 bridgehead atoms. The summed E-state index contributed by atoms with van der Waals surface area (Å²) in [4.78, 5) is 0. The van der Waals surface area contributed by atoms with E-state index in [1.165, 1.54) is 0 Å². The summed E-state index contributed by atoms with van der Waals surface area (Å²) >= 11 is 0. The lowest BCUT2D eigenvalue weighted by Gasteiger charge is -2.17. The van der Waals surface area contributed by atoms with Crippen LogP contribution >= 0.6 is 0 Å². The Kier molecular flexibility index (Phi) is 4.09. The van der Waals surface area contributed by atoms with Crippen LogP contribution in [0.2, 0.25) is 0 Å². The van der Waals surface area contributed by atoms with Gasteiger partial charge in [0.1, 0.15) is 0 Å². The largest absolute Gasteiger partial charge is 0.326 e. The monoisotopic (exact) mass is 155 g/mol. The van der Waals surface area contributed by atoms with Crippen LogP contribution in [-0.4, -0.2) is 11.6 Å². The molecule has 0 fully saturated rings. The molecule has 0 rings (SSSR count). The highest BCUT2D eigenvalue weighted by molar-refractivity contribution is 4.86. The molecule has 1 atom stereocenters. The highest BCUT2D eigenvalue weighted by atomic mass is 14.7. The molecule has 64 valence electrons. The Bertz CT molecular complexity index is 140. The summed E-state index contributed by atoms with van der Waals surface area (Å²) in [6.45, 7) is 3.95. The molecule has 3 nitrogen and oxygen atoms in total. The minimum atomic E-state index is -0.322. The van der Waals surface area contributed by atoms with Gasteiger partial charge >= 0.3 is 0 Å². The smallest absolute Gasteiger partial charge is 0.0928 e. The zero-order valence-electron chi connectivity index (χ0n) is 7.30. The predicted molar refractivity (Wildman–Crippen MR) is 45.7 cm³/mol. The number of nitrogens with zero attached hydrogens (tertiary/aromatic N) is 1. The average Bonchev–Trinajstić information content (AvgIpc) is 1.85. The Hall–Kier alpha value is -0.590. The fraction of sp³-hybridized carbons (Fsp3) is 0.875. The molecule has 3 heteroatoms. The lowest BCUT2D eigenvalue weighted by atomic mass is 9.97. The SMILES string of the molecule is CC(C)(N)CCCC(N)C#N. The Labute approximate surface area is 68.4 Å². The van der Waals surface area contributed by atoms with Crippen molar-refractivity contribution in [3.8, 4) is 6.07 Å². The molecule has 0 saturated heterocycles. The number of rotatable bonds is 4. The van der Waals surface area contributed by atoms with E-state index < -0.39 is 0 Å². The van der Waals surface area contributed by atoms with E-state index in [0.29, 0.717) is 0 Å². The van der Waals surface area contributed by atoms with E-state index >= 15 is 0 Å². The first-order valence-electron chi connectivity index (χ1n) is 3.90.